The molecule has 0 aliphatic heterocycles. The number of aryl methyl sites for hydroxylation is 1. The Kier molecular flexibility index (Phi) is 4.78. The maximum atomic E-state index is 13.3. The summed E-state index contributed by atoms with van der Waals surface area (Å²) in [6.45, 7) is 0.360. The molecule has 1 aliphatic rings. The lowest BCUT2D eigenvalue weighted by Crippen LogP contribution is -2.37. The first-order chi connectivity index (χ1) is 13.5. The SMILES string of the molecule is Cn1c(=O)c2c(nc(NC3CCCCC3)n2Cc2ccc(F)cc2)n(C)c1=O. The Labute approximate surface area is 161 Å². The second-order valence-corrected chi connectivity index (χ2v) is 7.51. The number of halogens is 1. The van der Waals surface area contributed by atoms with E-state index in [-0.39, 0.29) is 11.4 Å². The number of hydrogen-bond acceptors (Lipinski definition) is 4. The molecule has 3 aromatic rings. The highest BCUT2D eigenvalue weighted by Crippen LogP contribution is 2.24. The molecule has 1 aromatic carbocycles. The zero-order chi connectivity index (χ0) is 19.8. The van der Waals surface area contributed by atoms with Crippen LogP contribution in [0.15, 0.2) is 33.9 Å². The van der Waals surface area contributed by atoms with Gasteiger partial charge in [-0.1, -0.05) is 31.4 Å². The molecule has 0 unspecified atom stereocenters. The number of hydrogen-bond donors (Lipinski definition) is 1. The highest BCUT2D eigenvalue weighted by atomic mass is 19.1. The Morgan fingerprint density at radius 3 is 2.43 bits per heavy atom. The minimum absolute atomic E-state index is 0.290. The highest BCUT2D eigenvalue weighted by molar-refractivity contribution is 5.74. The number of nitrogens with zero attached hydrogens (tertiary/aromatic N) is 4. The molecule has 0 saturated heterocycles. The van der Waals surface area contributed by atoms with Crippen LogP contribution in [0.5, 0.6) is 0 Å². The normalized spacial score (nSPS) is 15.2. The number of fused-ring (bicyclic) bond motifs is 1. The van der Waals surface area contributed by atoms with Crippen LogP contribution in [0.2, 0.25) is 0 Å². The Balaban J connectivity index is 1.87. The monoisotopic (exact) mass is 385 g/mol. The van der Waals surface area contributed by atoms with Crippen LogP contribution >= 0.6 is 0 Å². The molecule has 0 bridgehead atoms. The third kappa shape index (κ3) is 3.23. The van der Waals surface area contributed by atoms with Crippen molar-refractivity contribution in [1.29, 1.82) is 0 Å². The summed E-state index contributed by atoms with van der Waals surface area (Å²) < 4.78 is 17.6. The van der Waals surface area contributed by atoms with Crippen molar-refractivity contribution in [3.8, 4) is 0 Å². The molecule has 8 heteroatoms. The lowest BCUT2D eigenvalue weighted by Gasteiger charge is -2.23. The first kappa shape index (κ1) is 18.5. The van der Waals surface area contributed by atoms with Gasteiger partial charge < -0.3 is 5.32 Å². The van der Waals surface area contributed by atoms with Gasteiger partial charge in [0.05, 0.1) is 6.54 Å². The predicted octanol–water partition coefficient (Wildman–Crippen LogP) is 2.37. The van der Waals surface area contributed by atoms with E-state index in [1.54, 1.807) is 23.7 Å². The molecule has 28 heavy (non-hydrogen) atoms. The minimum Gasteiger partial charge on any atom is -0.353 e. The van der Waals surface area contributed by atoms with Gasteiger partial charge in [0.2, 0.25) is 5.95 Å². The van der Waals surface area contributed by atoms with Crippen molar-refractivity contribution in [3.63, 3.8) is 0 Å². The molecule has 1 N–H and O–H groups in total. The molecule has 1 aliphatic carbocycles. The summed E-state index contributed by atoms with van der Waals surface area (Å²) in [5.74, 6) is 0.266. The Morgan fingerprint density at radius 2 is 1.75 bits per heavy atom. The Hall–Kier alpha value is -2.90. The van der Waals surface area contributed by atoms with Crippen molar-refractivity contribution >= 4 is 17.1 Å². The van der Waals surface area contributed by atoms with Crippen LogP contribution in [0.25, 0.3) is 11.2 Å². The lowest BCUT2D eigenvalue weighted by molar-refractivity contribution is 0.459. The summed E-state index contributed by atoms with van der Waals surface area (Å²) in [5, 5.41) is 3.48. The fraction of sp³-hybridized carbons (Fsp3) is 0.450. The lowest BCUT2D eigenvalue weighted by atomic mass is 9.96. The third-order valence-corrected chi connectivity index (χ3v) is 5.54. The molecule has 0 amide bonds. The zero-order valence-electron chi connectivity index (χ0n) is 16.1. The van der Waals surface area contributed by atoms with Crippen LogP contribution in [-0.4, -0.2) is 24.7 Å². The van der Waals surface area contributed by atoms with E-state index in [0.717, 1.165) is 35.8 Å². The van der Waals surface area contributed by atoms with Gasteiger partial charge in [-0.3, -0.25) is 18.5 Å². The van der Waals surface area contributed by atoms with Gasteiger partial charge in [-0.05, 0) is 30.5 Å². The quantitative estimate of drug-likeness (QED) is 0.748. The van der Waals surface area contributed by atoms with Gasteiger partial charge >= 0.3 is 5.69 Å². The molecule has 2 heterocycles. The molecule has 0 radical (unpaired) electrons. The second-order valence-electron chi connectivity index (χ2n) is 7.51. The predicted molar refractivity (Wildman–Crippen MR) is 106 cm³/mol. The Morgan fingerprint density at radius 1 is 1.07 bits per heavy atom. The first-order valence-corrected chi connectivity index (χ1v) is 9.63. The van der Waals surface area contributed by atoms with Gasteiger partial charge in [-0.2, -0.15) is 4.98 Å². The molecule has 1 saturated carbocycles. The maximum Gasteiger partial charge on any atom is 0.332 e. The molecule has 7 nitrogen and oxygen atoms in total. The van der Waals surface area contributed by atoms with Gasteiger partial charge in [-0.15, -0.1) is 0 Å². The molecule has 0 atom stereocenters. The van der Waals surface area contributed by atoms with E-state index in [0.29, 0.717) is 29.7 Å². The molecule has 1 fully saturated rings. The van der Waals surface area contributed by atoms with E-state index in [4.69, 9.17) is 0 Å². The van der Waals surface area contributed by atoms with Gasteiger partial charge in [0.1, 0.15) is 5.82 Å². The summed E-state index contributed by atoms with van der Waals surface area (Å²) in [7, 11) is 3.08. The van der Waals surface area contributed by atoms with Gasteiger partial charge in [0, 0.05) is 20.1 Å². The van der Waals surface area contributed by atoms with E-state index in [9.17, 15) is 14.0 Å². The van der Waals surface area contributed by atoms with E-state index in [2.05, 4.69) is 10.3 Å². The molecule has 2 aromatic heterocycles. The van der Waals surface area contributed by atoms with E-state index in [1.165, 1.54) is 30.2 Å². The van der Waals surface area contributed by atoms with Crippen molar-refractivity contribution in [2.75, 3.05) is 5.32 Å². The minimum atomic E-state index is -0.409. The third-order valence-electron chi connectivity index (χ3n) is 5.54. The molecule has 4 rings (SSSR count). The summed E-state index contributed by atoms with van der Waals surface area (Å²) in [6, 6.07) is 6.47. The molecular formula is C20H24FN5O2. The first-order valence-electron chi connectivity index (χ1n) is 9.63. The highest BCUT2D eigenvalue weighted by Gasteiger charge is 2.22. The van der Waals surface area contributed by atoms with E-state index in [1.807, 2.05) is 0 Å². The average Bonchev–Trinajstić information content (AvgIpc) is 3.05. The number of anilines is 1. The molecule has 148 valence electrons. The van der Waals surface area contributed by atoms with E-state index >= 15 is 0 Å². The smallest absolute Gasteiger partial charge is 0.332 e. The fourth-order valence-corrected chi connectivity index (χ4v) is 3.91. The van der Waals surface area contributed by atoms with Crippen LogP contribution in [0.1, 0.15) is 37.7 Å². The zero-order valence-corrected chi connectivity index (χ0v) is 16.1. The number of rotatable bonds is 4. The number of aromatic nitrogens is 4. The number of nitrogens with one attached hydrogen (secondary N) is 1. The average molecular weight is 385 g/mol. The number of benzene rings is 1. The van der Waals surface area contributed by atoms with Gasteiger partial charge in [0.25, 0.3) is 5.56 Å². The van der Waals surface area contributed by atoms with Crippen LogP contribution < -0.4 is 16.6 Å². The molecule has 0 spiro atoms. The van der Waals surface area contributed by atoms with Crippen LogP contribution in [-0.2, 0) is 20.6 Å². The largest absolute Gasteiger partial charge is 0.353 e. The van der Waals surface area contributed by atoms with E-state index < -0.39 is 5.69 Å². The summed E-state index contributed by atoms with van der Waals surface area (Å²) in [6.07, 6.45) is 5.67. The van der Waals surface area contributed by atoms with Crippen molar-refractivity contribution in [3.05, 3.63) is 56.5 Å². The van der Waals surface area contributed by atoms with Gasteiger partial charge in [-0.25, -0.2) is 9.18 Å². The molecular weight excluding hydrogens is 361 g/mol. The maximum absolute atomic E-state index is 13.3. The van der Waals surface area contributed by atoms with Crippen molar-refractivity contribution in [2.24, 2.45) is 14.1 Å². The van der Waals surface area contributed by atoms with Crippen molar-refractivity contribution < 1.29 is 4.39 Å². The Bertz CT molecular complexity index is 1120. The fourth-order valence-electron chi connectivity index (χ4n) is 3.91. The summed E-state index contributed by atoms with van der Waals surface area (Å²) in [4.78, 5) is 29.8. The van der Waals surface area contributed by atoms with Crippen LogP contribution in [0.4, 0.5) is 10.3 Å². The number of imidazole rings is 1. The van der Waals surface area contributed by atoms with Crippen molar-refractivity contribution in [1.82, 2.24) is 18.7 Å². The summed E-state index contributed by atoms with van der Waals surface area (Å²) >= 11 is 0. The second kappa shape index (κ2) is 7.26. The topological polar surface area (TPSA) is 73.8 Å². The van der Waals surface area contributed by atoms with Crippen LogP contribution in [0.3, 0.4) is 0 Å². The summed E-state index contributed by atoms with van der Waals surface area (Å²) in [5.41, 5.74) is 0.779. The van der Waals surface area contributed by atoms with Crippen molar-refractivity contribution in [2.45, 2.75) is 44.7 Å². The van der Waals surface area contributed by atoms with Crippen LogP contribution in [0, 0.1) is 5.82 Å². The van der Waals surface area contributed by atoms with Gasteiger partial charge in [0.15, 0.2) is 11.2 Å². The standard InChI is InChI=1S/C20H24FN5O2/c1-24-17-16(18(27)25(2)20(24)28)26(12-13-8-10-14(21)11-9-13)19(23-17)22-15-6-4-3-5-7-15/h8-11,15H,3-7,12H2,1-2H3,(H,22,23).